The maximum Gasteiger partial charge on any atom is 0.154 e. The highest BCUT2D eigenvalue weighted by molar-refractivity contribution is 7.10. The molecule has 3 nitrogen and oxygen atoms in total. The highest BCUT2D eigenvalue weighted by Crippen LogP contribution is 2.39. The van der Waals surface area contributed by atoms with E-state index in [-0.39, 0.29) is 0 Å². The van der Waals surface area contributed by atoms with E-state index in [4.69, 9.17) is 23.2 Å². The highest BCUT2D eigenvalue weighted by atomic mass is 35.5. The fourth-order valence-corrected chi connectivity index (χ4v) is 3.93. The molecular weight excluding hydrogens is 363 g/mol. The molecule has 0 saturated carbocycles. The van der Waals surface area contributed by atoms with Crippen LogP contribution < -0.4 is 5.32 Å². The summed E-state index contributed by atoms with van der Waals surface area (Å²) in [6.45, 7) is 2.03. The van der Waals surface area contributed by atoms with E-state index in [1.807, 2.05) is 48.7 Å². The first-order chi connectivity index (χ1) is 11.6. The van der Waals surface area contributed by atoms with Crippen LogP contribution in [-0.4, -0.2) is 0 Å². The minimum Gasteiger partial charge on any atom is -0.355 e. The monoisotopic (exact) mass is 376 g/mol. The summed E-state index contributed by atoms with van der Waals surface area (Å²) < 4.78 is 0. The average molecular weight is 377 g/mol. The van der Waals surface area contributed by atoms with E-state index in [2.05, 4.69) is 10.5 Å². The summed E-state index contributed by atoms with van der Waals surface area (Å²) in [5.41, 5.74) is 3.63. The number of aryl methyl sites for hydroxylation is 1. The van der Waals surface area contributed by atoms with Gasteiger partial charge in [-0.05, 0) is 42.1 Å². The van der Waals surface area contributed by atoms with Crippen molar-refractivity contribution in [3.05, 3.63) is 84.9 Å². The van der Waals surface area contributed by atoms with Gasteiger partial charge in [0.05, 0.1) is 9.90 Å². The topological polar surface area (TPSA) is 41.5 Å². The molecule has 0 fully saturated rings. The molecule has 1 aromatic heterocycles. The van der Waals surface area contributed by atoms with Crippen LogP contribution in [0.15, 0.2) is 59.1 Å². The number of nitrogens with one attached hydrogen (secondary N) is 1. The van der Waals surface area contributed by atoms with Crippen LogP contribution in [0.25, 0.3) is 0 Å². The molecule has 3 rings (SSSR count). The molecule has 1 atom stereocenters. The molecule has 2 aromatic carbocycles. The average Bonchev–Trinajstić information content (AvgIpc) is 2.98. The van der Waals surface area contributed by atoms with E-state index in [0.717, 1.165) is 16.9 Å². The van der Waals surface area contributed by atoms with Crippen molar-refractivity contribution in [2.24, 2.45) is 5.18 Å². The normalized spacial score (nSPS) is 12.0. The van der Waals surface area contributed by atoms with Crippen molar-refractivity contribution >= 4 is 45.9 Å². The summed E-state index contributed by atoms with van der Waals surface area (Å²) in [5, 5.41) is 9.38. The molecule has 0 bridgehead atoms. The van der Waals surface area contributed by atoms with Gasteiger partial charge in [0.15, 0.2) is 6.04 Å². The second-order valence-electron chi connectivity index (χ2n) is 5.32. The summed E-state index contributed by atoms with van der Waals surface area (Å²) in [4.78, 5) is 12.1. The molecule has 0 radical (unpaired) electrons. The number of anilines is 2. The Kier molecular flexibility index (Phi) is 5.19. The van der Waals surface area contributed by atoms with Crippen molar-refractivity contribution in [2.45, 2.75) is 13.0 Å². The van der Waals surface area contributed by atoms with Crippen molar-refractivity contribution in [2.75, 3.05) is 5.32 Å². The van der Waals surface area contributed by atoms with Gasteiger partial charge >= 0.3 is 0 Å². The standard InChI is InChI=1S/C18H14Cl2N2OS/c1-11-4-2-3-5-16(11)21-12-6-7-13(15(20)10-12)17(22-23)18-14(19)8-9-24-18/h2-10,17,21H,1H3. The maximum atomic E-state index is 11.4. The number of nitroso groups, excluding NO2 is 1. The fraction of sp³-hybridized carbons (Fsp3) is 0.111. The van der Waals surface area contributed by atoms with Crippen molar-refractivity contribution in [1.82, 2.24) is 0 Å². The summed E-state index contributed by atoms with van der Waals surface area (Å²) in [6.07, 6.45) is 0. The zero-order valence-electron chi connectivity index (χ0n) is 12.8. The number of rotatable bonds is 5. The lowest BCUT2D eigenvalue weighted by molar-refractivity contribution is 0.885. The van der Waals surface area contributed by atoms with Gasteiger partial charge < -0.3 is 5.32 Å². The lowest BCUT2D eigenvalue weighted by atomic mass is 10.1. The van der Waals surface area contributed by atoms with E-state index in [1.165, 1.54) is 11.3 Å². The van der Waals surface area contributed by atoms with Gasteiger partial charge in [0, 0.05) is 22.0 Å². The first-order valence-corrected chi connectivity index (χ1v) is 8.91. The van der Waals surface area contributed by atoms with E-state index in [0.29, 0.717) is 20.5 Å². The predicted octanol–water partition coefficient (Wildman–Crippen LogP) is 6.96. The minimum atomic E-state index is -0.697. The van der Waals surface area contributed by atoms with Crippen LogP contribution >= 0.6 is 34.5 Å². The summed E-state index contributed by atoms with van der Waals surface area (Å²) >= 11 is 13.9. The Bertz CT molecular complexity index is 879. The summed E-state index contributed by atoms with van der Waals surface area (Å²) in [6, 6.07) is 14.5. The SMILES string of the molecule is Cc1ccccc1Nc1ccc(C(N=O)c2sccc2Cl)c(Cl)c1. The molecule has 3 aromatic rings. The molecule has 1 heterocycles. The second kappa shape index (κ2) is 7.34. The summed E-state index contributed by atoms with van der Waals surface area (Å²) in [7, 11) is 0. The van der Waals surface area contributed by atoms with Crippen molar-refractivity contribution in [3.63, 3.8) is 0 Å². The van der Waals surface area contributed by atoms with E-state index >= 15 is 0 Å². The zero-order chi connectivity index (χ0) is 17.1. The van der Waals surface area contributed by atoms with E-state index in [9.17, 15) is 4.91 Å². The Balaban J connectivity index is 1.91. The highest BCUT2D eigenvalue weighted by Gasteiger charge is 2.22. The van der Waals surface area contributed by atoms with Crippen molar-refractivity contribution in [1.29, 1.82) is 0 Å². The molecule has 6 heteroatoms. The molecule has 0 saturated heterocycles. The number of thiophene rings is 1. The number of nitrogens with zero attached hydrogens (tertiary/aromatic N) is 1. The Hall–Kier alpha value is -1.88. The Labute approximate surface area is 154 Å². The number of para-hydroxylation sites is 1. The second-order valence-corrected chi connectivity index (χ2v) is 7.08. The van der Waals surface area contributed by atoms with Crippen molar-refractivity contribution in [3.8, 4) is 0 Å². The maximum absolute atomic E-state index is 11.4. The van der Waals surface area contributed by atoms with Gasteiger partial charge in [-0.3, -0.25) is 0 Å². The van der Waals surface area contributed by atoms with Crippen LogP contribution in [-0.2, 0) is 0 Å². The molecule has 0 aliphatic rings. The van der Waals surface area contributed by atoms with Crippen molar-refractivity contribution < 1.29 is 0 Å². The number of benzene rings is 2. The summed E-state index contributed by atoms with van der Waals surface area (Å²) in [5.74, 6) is 0. The third-order valence-corrected chi connectivity index (χ3v) is 5.46. The van der Waals surface area contributed by atoms with Gasteiger partial charge in [-0.1, -0.05) is 52.6 Å². The molecular formula is C18H14Cl2N2OS. The molecule has 1 unspecified atom stereocenters. The van der Waals surface area contributed by atoms with Crippen LogP contribution in [0.2, 0.25) is 10.0 Å². The molecule has 122 valence electrons. The Morgan fingerprint density at radius 1 is 1.08 bits per heavy atom. The van der Waals surface area contributed by atoms with Crippen LogP contribution in [0.4, 0.5) is 11.4 Å². The Morgan fingerprint density at radius 2 is 1.88 bits per heavy atom. The number of hydrogen-bond donors (Lipinski definition) is 1. The van der Waals surface area contributed by atoms with Gasteiger partial charge in [0.25, 0.3) is 0 Å². The first-order valence-electron chi connectivity index (χ1n) is 7.27. The zero-order valence-corrected chi connectivity index (χ0v) is 15.1. The van der Waals surface area contributed by atoms with Gasteiger partial charge in [-0.25, -0.2) is 0 Å². The van der Waals surface area contributed by atoms with E-state index < -0.39 is 6.04 Å². The van der Waals surface area contributed by atoms with Gasteiger partial charge in [-0.15, -0.1) is 16.2 Å². The van der Waals surface area contributed by atoms with Crippen LogP contribution in [0.5, 0.6) is 0 Å². The molecule has 0 spiro atoms. The van der Waals surface area contributed by atoms with Crippen LogP contribution in [0, 0.1) is 11.8 Å². The lowest BCUT2D eigenvalue weighted by Gasteiger charge is -2.14. The predicted molar refractivity (Wildman–Crippen MR) is 103 cm³/mol. The lowest BCUT2D eigenvalue weighted by Crippen LogP contribution is -1.98. The fourth-order valence-electron chi connectivity index (χ4n) is 2.44. The van der Waals surface area contributed by atoms with E-state index in [1.54, 1.807) is 12.1 Å². The molecule has 1 N–H and O–H groups in total. The van der Waals surface area contributed by atoms with Gasteiger partial charge in [0.1, 0.15) is 0 Å². The molecule has 0 amide bonds. The largest absolute Gasteiger partial charge is 0.355 e. The number of hydrogen-bond acceptors (Lipinski definition) is 4. The molecule has 24 heavy (non-hydrogen) atoms. The van der Waals surface area contributed by atoms with Crippen LogP contribution in [0.3, 0.4) is 0 Å². The first kappa shape index (κ1) is 17.0. The molecule has 0 aliphatic heterocycles. The van der Waals surface area contributed by atoms with Gasteiger partial charge in [0.2, 0.25) is 0 Å². The minimum absolute atomic E-state index is 0.475. The third-order valence-electron chi connectivity index (χ3n) is 3.72. The van der Waals surface area contributed by atoms with Gasteiger partial charge in [-0.2, -0.15) is 0 Å². The third kappa shape index (κ3) is 3.46. The quantitative estimate of drug-likeness (QED) is 0.488. The number of halogens is 2. The smallest absolute Gasteiger partial charge is 0.154 e. The van der Waals surface area contributed by atoms with Crippen LogP contribution in [0.1, 0.15) is 22.0 Å². The Morgan fingerprint density at radius 3 is 2.50 bits per heavy atom. The molecule has 0 aliphatic carbocycles.